The summed E-state index contributed by atoms with van der Waals surface area (Å²) in [5, 5.41) is 3.77. The molecule has 1 heterocycles. The SMILES string of the molecule is CCC1CCCC(NCC2OCCc3ccccc32)C1. The third kappa shape index (κ3) is 3.24. The van der Waals surface area contributed by atoms with Crippen LogP contribution < -0.4 is 5.32 Å². The average molecular weight is 273 g/mol. The van der Waals surface area contributed by atoms with Gasteiger partial charge in [0, 0.05) is 12.6 Å². The van der Waals surface area contributed by atoms with E-state index in [1.54, 1.807) is 0 Å². The molecular weight excluding hydrogens is 246 g/mol. The molecule has 2 aliphatic rings. The summed E-state index contributed by atoms with van der Waals surface area (Å²) in [5.41, 5.74) is 2.87. The molecule has 1 aromatic carbocycles. The Morgan fingerprint density at radius 1 is 1.25 bits per heavy atom. The molecular formula is C18H27NO. The first-order valence-electron chi connectivity index (χ1n) is 8.29. The van der Waals surface area contributed by atoms with Gasteiger partial charge in [0.25, 0.3) is 0 Å². The van der Waals surface area contributed by atoms with Crippen molar-refractivity contribution in [1.29, 1.82) is 0 Å². The van der Waals surface area contributed by atoms with Gasteiger partial charge in [0.2, 0.25) is 0 Å². The van der Waals surface area contributed by atoms with Gasteiger partial charge in [-0.25, -0.2) is 0 Å². The highest BCUT2D eigenvalue weighted by atomic mass is 16.5. The summed E-state index contributed by atoms with van der Waals surface area (Å²) in [4.78, 5) is 0. The zero-order valence-corrected chi connectivity index (χ0v) is 12.6. The van der Waals surface area contributed by atoms with Crippen LogP contribution in [0.3, 0.4) is 0 Å². The Kier molecular flexibility index (Phi) is 4.74. The molecule has 20 heavy (non-hydrogen) atoms. The van der Waals surface area contributed by atoms with E-state index in [-0.39, 0.29) is 6.10 Å². The van der Waals surface area contributed by atoms with E-state index >= 15 is 0 Å². The quantitative estimate of drug-likeness (QED) is 0.899. The standard InChI is InChI=1S/C18H27NO/c1-2-14-6-5-8-16(12-14)19-13-18-17-9-4-3-7-15(17)10-11-20-18/h3-4,7,9,14,16,18-19H,2,5-6,8,10-13H2,1H3. The van der Waals surface area contributed by atoms with E-state index in [4.69, 9.17) is 4.74 Å². The Morgan fingerprint density at radius 3 is 3.05 bits per heavy atom. The van der Waals surface area contributed by atoms with E-state index in [2.05, 4.69) is 36.5 Å². The van der Waals surface area contributed by atoms with Gasteiger partial charge in [-0.3, -0.25) is 0 Å². The number of hydrogen-bond acceptors (Lipinski definition) is 2. The van der Waals surface area contributed by atoms with Crippen LogP contribution in [-0.4, -0.2) is 19.2 Å². The molecule has 1 aromatic rings. The third-order valence-corrected chi connectivity index (χ3v) is 5.04. The Hall–Kier alpha value is -0.860. The van der Waals surface area contributed by atoms with E-state index in [9.17, 15) is 0 Å². The fraction of sp³-hybridized carbons (Fsp3) is 0.667. The molecule has 1 aliphatic carbocycles. The number of hydrogen-bond donors (Lipinski definition) is 1. The Morgan fingerprint density at radius 2 is 2.15 bits per heavy atom. The van der Waals surface area contributed by atoms with E-state index < -0.39 is 0 Å². The van der Waals surface area contributed by atoms with E-state index in [0.717, 1.165) is 25.5 Å². The fourth-order valence-electron chi connectivity index (χ4n) is 3.77. The van der Waals surface area contributed by atoms with Crippen molar-refractivity contribution in [3.05, 3.63) is 35.4 Å². The van der Waals surface area contributed by atoms with E-state index in [0.29, 0.717) is 6.04 Å². The van der Waals surface area contributed by atoms with Crippen molar-refractivity contribution in [2.45, 2.75) is 57.6 Å². The van der Waals surface area contributed by atoms with Crippen molar-refractivity contribution in [1.82, 2.24) is 5.32 Å². The highest BCUT2D eigenvalue weighted by molar-refractivity contribution is 5.31. The van der Waals surface area contributed by atoms with Gasteiger partial charge in [-0.2, -0.15) is 0 Å². The molecule has 3 atom stereocenters. The van der Waals surface area contributed by atoms with Crippen molar-refractivity contribution in [3.8, 4) is 0 Å². The molecule has 2 heteroatoms. The van der Waals surface area contributed by atoms with Gasteiger partial charge in [-0.05, 0) is 36.3 Å². The lowest BCUT2D eigenvalue weighted by Crippen LogP contribution is -2.38. The van der Waals surface area contributed by atoms with Crippen LogP contribution in [0.2, 0.25) is 0 Å². The van der Waals surface area contributed by atoms with Gasteiger partial charge >= 0.3 is 0 Å². The molecule has 3 unspecified atom stereocenters. The van der Waals surface area contributed by atoms with Gasteiger partial charge in [0.1, 0.15) is 0 Å². The number of fused-ring (bicyclic) bond motifs is 1. The molecule has 1 N–H and O–H groups in total. The van der Waals surface area contributed by atoms with Crippen LogP contribution >= 0.6 is 0 Å². The van der Waals surface area contributed by atoms with E-state index in [1.807, 2.05) is 0 Å². The molecule has 2 nitrogen and oxygen atoms in total. The normalized spacial score (nSPS) is 29.9. The number of ether oxygens (including phenoxy) is 1. The summed E-state index contributed by atoms with van der Waals surface area (Å²) in [7, 11) is 0. The largest absolute Gasteiger partial charge is 0.372 e. The van der Waals surface area contributed by atoms with Crippen LogP contribution in [0, 0.1) is 5.92 Å². The third-order valence-electron chi connectivity index (χ3n) is 5.04. The maximum Gasteiger partial charge on any atom is 0.0952 e. The molecule has 0 amide bonds. The first kappa shape index (κ1) is 14.1. The Balaban J connectivity index is 1.56. The molecule has 0 radical (unpaired) electrons. The predicted molar refractivity (Wildman–Crippen MR) is 82.9 cm³/mol. The van der Waals surface area contributed by atoms with Crippen LogP contribution in [0.1, 0.15) is 56.3 Å². The second-order valence-corrected chi connectivity index (χ2v) is 6.35. The summed E-state index contributed by atoms with van der Waals surface area (Å²) in [6.07, 6.45) is 8.15. The van der Waals surface area contributed by atoms with Crippen molar-refractivity contribution < 1.29 is 4.74 Å². The zero-order chi connectivity index (χ0) is 13.8. The topological polar surface area (TPSA) is 21.3 Å². The maximum atomic E-state index is 5.99. The minimum absolute atomic E-state index is 0.252. The molecule has 1 saturated carbocycles. The highest BCUT2D eigenvalue weighted by Crippen LogP contribution is 2.29. The zero-order valence-electron chi connectivity index (χ0n) is 12.6. The molecule has 0 spiro atoms. The monoisotopic (exact) mass is 273 g/mol. The Labute approximate surface area is 122 Å². The van der Waals surface area contributed by atoms with Gasteiger partial charge in [0.15, 0.2) is 0 Å². The van der Waals surface area contributed by atoms with Gasteiger partial charge in [-0.1, -0.05) is 50.5 Å². The first-order chi connectivity index (χ1) is 9.86. The van der Waals surface area contributed by atoms with Gasteiger partial charge in [0.05, 0.1) is 12.7 Å². The van der Waals surface area contributed by atoms with Crippen LogP contribution in [-0.2, 0) is 11.2 Å². The van der Waals surface area contributed by atoms with Gasteiger partial charge in [-0.15, -0.1) is 0 Å². The summed E-state index contributed by atoms with van der Waals surface area (Å²) >= 11 is 0. The smallest absolute Gasteiger partial charge is 0.0952 e. The summed E-state index contributed by atoms with van der Waals surface area (Å²) in [6.45, 7) is 4.16. The molecule has 3 rings (SSSR count). The van der Waals surface area contributed by atoms with Crippen molar-refractivity contribution in [2.75, 3.05) is 13.2 Å². The molecule has 110 valence electrons. The van der Waals surface area contributed by atoms with Gasteiger partial charge < -0.3 is 10.1 Å². The average Bonchev–Trinajstić information content (AvgIpc) is 2.53. The minimum Gasteiger partial charge on any atom is -0.372 e. The maximum absolute atomic E-state index is 5.99. The second kappa shape index (κ2) is 6.73. The number of benzene rings is 1. The lowest BCUT2D eigenvalue weighted by atomic mass is 9.84. The second-order valence-electron chi connectivity index (χ2n) is 6.35. The lowest BCUT2D eigenvalue weighted by molar-refractivity contribution is 0.0390. The highest BCUT2D eigenvalue weighted by Gasteiger charge is 2.24. The Bertz CT molecular complexity index is 431. The van der Waals surface area contributed by atoms with E-state index in [1.165, 1.54) is 43.2 Å². The van der Waals surface area contributed by atoms with Crippen molar-refractivity contribution >= 4 is 0 Å². The van der Waals surface area contributed by atoms with Crippen molar-refractivity contribution in [2.24, 2.45) is 5.92 Å². The molecule has 1 fully saturated rings. The first-order valence-corrected chi connectivity index (χ1v) is 8.29. The van der Waals surface area contributed by atoms with Crippen LogP contribution in [0.5, 0.6) is 0 Å². The lowest BCUT2D eigenvalue weighted by Gasteiger charge is -2.32. The number of rotatable bonds is 4. The van der Waals surface area contributed by atoms with Crippen LogP contribution in [0.15, 0.2) is 24.3 Å². The fourth-order valence-corrected chi connectivity index (χ4v) is 3.77. The minimum atomic E-state index is 0.252. The van der Waals surface area contributed by atoms with Crippen molar-refractivity contribution in [3.63, 3.8) is 0 Å². The molecule has 0 aromatic heterocycles. The summed E-state index contributed by atoms with van der Waals surface area (Å²) in [6, 6.07) is 9.46. The molecule has 0 saturated heterocycles. The number of nitrogens with one attached hydrogen (secondary N) is 1. The van der Waals surface area contributed by atoms with Crippen LogP contribution in [0.25, 0.3) is 0 Å². The molecule has 1 aliphatic heterocycles. The van der Waals surface area contributed by atoms with Crippen LogP contribution in [0.4, 0.5) is 0 Å². The predicted octanol–water partition coefficient (Wildman–Crippen LogP) is 3.86. The summed E-state index contributed by atoms with van der Waals surface area (Å²) < 4.78 is 5.99. The molecule has 0 bridgehead atoms. The summed E-state index contributed by atoms with van der Waals surface area (Å²) in [5.74, 6) is 0.931.